The maximum absolute atomic E-state index is 5.94. The summed E-state index contributed by atoms with van der Waals surface area (Å²) in [5, 5.41) is 0. The van der Waals surface area contributed by atoms with Crippen molar-refractivity contribution >= 4 is 21.6 Å². The molecule has 1 heterocycles. The van der Waals surface area contributed by atoms with Gasteiger partial charge in [0.1, 0.15) is 0 Å². The number of nitrogens with zero attached hydrogens (tertiary/aromatic N) is 1. The Morgan fingerprint density at radius 3 is 2.83 bits per heavy atom. The molecule has 1 unspecified atom stereocenters. The molecule has 0 saturated carbocycles. The predicted octanol–water partition coefficient (Wildman–Crippen LogP) is 2.91. The minimum Gasteiger partial charge on any atom is -0.369 e. The van der Waals surface area contributed by atoms with Crippen LogP contribution in [0.5, 0.6) is 0 Å². The van der Waals surface area contributed by atoms with E-state index in [1.165, 1.54) is 11.3 Å². The van der Waals surface area contributed by atoms with Gasteiger partial charge in [-0.25, -0.2) is 0 Å². The van der Waals surface area contributed by atoms with Crippen molar-refractivity contribution in [3.05, 3.63) is 28.2 Å². The zero-order chi connectivity index (χ0) is 13.3. The van der Waals surface area contributed by atoms with E-state index in [9.17, 15) is 0 Å². The highest BCUT2D eigenvalue weighted by Crippen LogP contribution is 2.31. The summed E-state index contributed by atoms with van der Waals surface area (Å²) in [6.07, 6.45) is 0.235. The molecule has 0 aromatic heterocycles. The zero-order valence-electron chi connectivity index (χ0n) is 11.2. The third-order valence-electron chi connectivity index (χ3n) is 3.21. The summed E-state index contributed by atoms with van der Waals surface area (Å²) in [6.45, 7) is 8.73. The molecule has 3 nitrogen and oxygen atoms in total. The molecule has 1 aromatic carbocycles. The quantitative estimate of drug-likeness (QED) is 0.912. The standard InChI is InChI=1S/C14H21BrN2O/c1-10-8-17(9-14(2,3)18-10)13-6-4-5-12(15)11(13)7-16/h4-6,10H,7-9,16H2,1-3H3. The van der Waals surface area contributed by atoms with E-state index in [0.717, 1.165) is 17.6 Å². The molecule has 1 aromatic rings. The first-order chi connectivity index (χ1) is 8.43. The van der Waals surface area contributed by atoms with Crippen LogP contribution in [0.3, 0.4) is 0 Å². The van der Waals surface area contributed by atoms with Crippen molar-refractivity contribution in [2.24, 2.45) is 5.73 Å². The van der Waals surface area contributed by atoms with Crippen molar-refractivity contribution in [2.45, 2.75) is 39.0 Å². The lowest BCUT2D eigenvalue weighted by molar-refractivity contribution is -0.0750. The third-order valence-corrected chi connectivity index (χ3v) is 3.95. The molecule has 0 bridgehead atoms. The molecule has 1 fully saturated rings. The van der Waals surface area contributed by atoms with Gasteiger partial charge in [-0.15, -0.1) is 0 Å². The maximum atomic E-state index is 5.94. The number of hydrogen-bond donors (Lipinski definition) is 1. The molecule has 2 rings (SSSR count). The minimum atomic E-state index is -0.119. The number of benzene rings is 1. The second-order valence-corrected chi connectivity index (χ2v) is 6.36. The minimum absolute atomic E-state index is 0.119. The van der Waals surface area contributed by atoms with E-state index in [1.54, 1.807) is 0 Å². The highest BCUT2D eigenvalue weighted by molar-refractivity contribution is 9.10. The molecule has 18 heavy (non-hydrogen) atoms. The average molecular weight is 313 g/mol. The van der Waals surface area contributed by atoms with Crippen molar-refractivity contribution in [1.29, 1.82) is 0 Å². The molecule has 0 radical (unpaired) electrons. The first-order valence-corrected chi connectivity index (χ1v) is 7.12. The van der Waals surface area contributed by atoms with E-state index in [2.05, 4.69) is 53.7 Å². The topological polar surface area (TPSA) is 38.5 Å². The van der Waals surface area contributed by atoms with Crippen LogP contribution in [0.25, 0.3) is 0 Å². The SMILES string of the molecule is CC1CN(c2cccc(Br)c2CN)CC(C)(C)O1. The number of halogens is 1. The maximum Gasteiger partial charge on any atom is 0.0805 e. The van der Waals surface area contributed by atoms with Gasteiger partial charge in [0.25, 0.3) is 0 Å². The summed E-state index contributed by atoms with van der Waals surface area (Å²) >= 11 is 3.58. The molecular formula is C14H21BrN2O. The van der Waals surface area contributed by atoms with Crippen LogP contribution in [0.15, 0.2) is 22.7 Å². The number of anilines is 1. The Bertz CT molecular complexity index is 434. The van der Waals surface area contributed by atoms with Crippen LogP contribution >= 0.6 is 15.9 Å². The Balaban J connectivity index is 2.34. The molecule has 4 heteroatoms. The van der Waals surface area contributed by atoms with Gasteiger partial charge in [-0.2, -0.15) is 0 Å². The van der Waals surface area contributed by atoms with Gasteiger partial charge in [0.05, 0.1) is 11.7 Å². The van der Waals surface area contributed by atoms with Gasteiger partial charge in [0.2, 0.25) is 0 Å². The Kier molecular flexibility index (Phi) is 3.99. The number of nitrogens with two attached hydrogens (primary N) is 1. The lowest BCUT2D eigenvalue weighted by atomic mass is 10.0. The van der Waals surface area contributed by atoms with Gasteiger partial charge in [0.15, 0.2) is 0 Å². The van der Waals surface area contributed by atoms with Crippen LogP contribution < -0.4 is 10.6 Å². The van der Waals surface area contributed by atoms with E-state index in [0.29, 0.717) is 6.54 Å². The van der Waals surface area contributed by atoms with E-state index in [4.69, 9.17) is 10.5 Å². The molecule has 1 atom stereocenters. The van der Waals surface area contributed by atoms with E-state index in [1.807, 2.05) is 6.07 Å². The van der Waals surface area contributed by atoms with Crippen molar-refractivity contribution in [2.75, 3.05) is 18.0 Å². The van der Waals surface area contributed by atoms with Gasteiger partial charge in [0, 0.05) is 35.4 Å². The second-order valence-electron chi connectivity index (χ2n) is 5.51. The summed E-state index contributed by atoms with van der Waals surface area (Å²) in [4.78, 5) is 2.38. The first kappa shape index (κ1) is 13.8. The van der Waals surface area contributed by atoms with Gasteiger partial charge in [-0.1, -0.05) is 22.0 Å². The summed E-state index contributed by atoms with van der Waals surface area (Å²) < 4.78 is 7.03. The molecule has 1 aliphatic heterocycles. The van der Waals surface area contributed by atoms with Crippen LogP contribution in [0.2, 0.25) is 0 Å². The van der Waals surface area contributed by atoms with E-state index in [-0.39, 0.29) is 11.7 Å². The van der Waals surface area contributed by atoms with Crippen LogP contribution in [0.1, 0.15) is 26.3 Å². The molecule has 1 aliphatic rings. The van der Waals surface area contributed by atoms with Crippen molar-refractivity contribution < 1.29 is 4.74 Å². The van der Waals surface area contributed by atoms with Gasteiger partial charge in [-0.3, -0.25) is 0 Å². The number of hydrogen-bond acceptors (Lipinski definition) is 3. The Hall–Kier alpha value is -0.580. The van der Waals surface area contributed by atoms with Crippen LogP contribution in [-0.2, 0) is 11.3 Å². The zero-order valence-corrected chi connectivity index (χ0v) is 12.8. The monoisotopic (exact) mass is 312 g/mol. The fourth-order valence-corrected chi connectivity index (χ4v) is 3.20. The molecule has 0 spiro atoms. The van der Waals surface area contributed by atoms with Crippen LogP contribution in [0.4, 0.5) is 5.69 Å². The van der Waals surface area contributed by atoms with Crippen LogP contribution in [-0.4, -0.2) is 24.8 Å². The van der Waals surface area contributed by atoms with Crippen molar-refractivity contribution in [3.63, 3.8) is 0 Å². The lowest BCUT2D eigenvalue weighted by Crippen LogP contribution is -2.52. The smallest absolute Gasteiger partial charge is 0.0805 e. The lowest BCUT2D eigenvalue weighted by Gasteiger charge is -2.43. The predicted molar refractivity (Wildman–Crippen MR) is 78.9 cm³/mol. The number of morpholine rings is 1. The van der Waals surface area contributed by atoms with Gasteiger partial charge in [-0.05, 0) is 32.9 Å². The van der Waals surface area contributed by atoms with Gasteiger partial charge >= 0.3 is 0 Å². The molecule has 0 amide bonds. The molecule has 0 aliphatic carbocycles. The van der Waals surface area contributed by atoms with Crippen molar-refractivity contribution in [3.8, 4) is 0 Å². The molecule has 100 valence electrons. The Morgan fingerprint density at radius 1 is 1.50 bits per heavy atom. The second kappa shape index (κ2) is 5.19. The van der Waals surface area contributed by atoms with Crippen molar-refractivity contribution in [1.82, 2.24) is 0 Å². The first-order valence-electron chi connectivity index (χ1n) is 6.33. The van der Waals surface area contributed by atoms with Gasteiger partial charge < -0.3 is 15.4 Å². The fraction of sp³-hybridized carbons (Fsp3) is 0.571. The highest BCUT2D eigenvalue weighted by Gasteiger charge is 2.32. The molecular weight excluding hydrogens is 292 g/mol. The molecule has 2 N–H and O–H groups in total. The summed E-state index contributed by atoms with van der Waals surface area (Å²) in [5.74, 6) is 0. The number of ether oxygens (including phenoxy) is 1. The van der Waals surface area contributed by atoms with Crippen LogP contribution in [0, 0.1) is 0 Å². The normalized spacial score (nSPS) is 23.2. The number of rotatable bonds is 2. The molecule has 1 saturated heterocycles. The fourth-order valence-electron chi connectivity index (χ4n) is 2.68. The summed E-state index contributed by atoms with van der Waals surface area (Å²) in [6, 6.07) is 6.24. The average Bonchev–Trinajstić information content (AvgIpc) is 2.25. The highest BCUT2D eigenvalue weighted by atomic mass is 79.9. The van der Waals surface area contributed by atoms with E-state index < -0.39 is 0 Å². The third kappa shape index (κ3) is 2.87. The Morgan fingerprint density at radius 2 is 2.22 bits per heavy atom. The largest absolute Gasteiger partial charge is 0.369 e. The van der Waals surface area contributed by atoms with E-state index >= 15 is 0 Å². The Labute approximate surface area is 117 Å². The summed E-state index contributed by atoms with van der Waals surface area (Å²) in [7, 11) is 0. The summed E-state index contributed by atoms with van der Waals surface area (Å²) in [5.41, 5.74) is 8.14.